The number of para-hydroxylation sites is 2. The summed E-state index contributed by atoms with van der Waals surface area (Å²) in [5, 5.41) is 4.83. The van der Waals surface area contributed by atoms with E-state index < -0.39 is 30.0 Å². The number of aryl methyl sites for hydroxylation is 2. The number of hydrogen-bond acceptors (Lipinski definition) is 2. The van der Waals surface area contributed by atoms with Crippen molar-refractivity contribution < 1.29 is 22.8 Å². The first-order valence-corrected chi connectivity index (χ1v) is 8.06. The van der Waals surface area contributed by atoms with Gasteiger partial charge in [0.1, 0.15) is 6.42 Å². The van der Waals surface area contributed by atoms with Crippen molar-refractivity contribution in [1.82, 2.24) is 0 Å². The molecule has 26 heavy (non-hydrogen) atoms. The molecular weight excluding hydrogens is 345 g/mol. The lowest BCUT2D eigenvalue weighted by Gasteiger charge is -2.14. The molecule has 0 spiro atoms. The molecule has 0 heterocycles. The number of amides is 2. The number of carbonyl (C=O) groups excluding carboxylic acids is 2. The van der Waals surface area contributed by atoms with Gasteiger partial charge in [0.25, 0.3) is 0 Å². The third-order valence-corrected chi connectivity index (χ3v) is 3.83. The first-order valence-electron chi connectivity index (χ1n) is 8.06. The Morgan fingerprint density at radius 3 is 2.27 bits per heavy atom. The van der Waals surface area contributed by atoms with Gasteiger partial charge in [-0.25, -0.2) is 0 Å². The zero-order valence-electron chi connectivity index (χ0n) is 14.4. The van der Waals surface area contributed by atoms with Crippen molar-refractivity contribution in [2.75, 3.05) is 10.6 Å². The number of anilines is 2. The van der Waals surface area contributed by atoms with Crippen LogP contribution in [0.25, 0.3) is 0 Å². The van der Waals surface area contributed by atoms with Crippen molar-refractivity contribution in [2.24, 2.45) is 0 Å². The van der Waals surface area contributed by atoms with Crippen LogP contribution in [-0.2, 0) is 22.2 Å². The van der Waals surface area contributed by atoms with Crippen LogP contribution in [0.15, 0.2) is 42.5 Å². The molecule has 0 aliphatic carbocycles. The minimum Gasteiger partial charge on any atom is -0.325 e. The Balaban J connectivity index is 2.07. The number of nitrogens with one attached hydrogen (secondary N) is 2. The second-order valence-electron chi connectivity index (χ2n) is 5.78. The maximum absolute atomic E-state index is 12.9. The third-order valence-electron chi connectivity index (χ3n) is 3.83. The molecule has 138 valence electrons. The molecule has 0 radical (unpaired) electrons. The average molecular weight is 364 g/mol. The van der Waals surface area contributed by atoms with Gasteiger partial charge in [-0.15, -0.1) is 0 Å². The molecule has 2 amide bonds. The Hall–Kier alpha value is -2.83. The molecule has 0 aliphatic rings. The van der Waals surface area contributed by atoms with Crippen LogP contribution in [0.5, 0.6) is 0 Å². The predicted octanol–water partition coefficient (Wildman–Crippen LogP) is 4.54. The molecule has 2 aromatic rings. The molecule has 0 atom stereocenters. The van der Waals surface area contributed by atoms with E-state index in [0.29, 0.717) is 12.1 Å². The topological polar surface area (TPSA) is 58.2 Å². The minimum absolute atomic E-state index is 0.372. The fourth-order valence-corrected chi connectivity index (χ4v) is 2.57. The summed E-state index contributed by atoms with van der Waals surface area (Å²) in [7, 11) is 0. The molecule has 2 N–H and O–H groups in total. The van der Waals surface area contributed by atoms with E-state index in [1.165, 1.54) is 12.1 Å². The van der Waals surface area contributed by atoms with Gasteiger partial charge in [-0.05, 0) is 36.6 Å². The van der Waals surface area contributed by atoms with Crippen molar-refractivity contribution in [3.63, 3.8) is 0 Å². The Morgan fingerprint density at radius 2 is 1.62 bits per heavy atom. The Labute approximate surface area is 149 Å². The Bertz CT molecular complexity index is 817. The largest absolute Gasteiger partial charge is 0.418 e. The van der Waals surface area contributed by atoms with Gasteiger partial charge < -0.3 is 10.6 Å². The number of hydrogen-bond donors (Lipinski definition) is 2. The number of halogens is 3. The van der Waals surface area contributed by atoms with Gasteiger partial charge in [-0.3, -0.25) is 9.59 Å². The molecule has 0 aromatic heterocycles. The van der Waals surface area contributed by atoms with Crippen LogP contribution < -0.4 is 10.6 Å². The lowest BCUT2D eigenvalue weighted by atomic mass is 10.1. The second-order valence-corrected chi connectivity index (χ2v) is 5.78. The predicted molar refractivity (Wildman–Crippen MR) is 93.9 cm³/mol. The molecule has 7 heteroatoms. The molecule has 0 saturated carbocycles. The maximum Gasteiger partial charge on any atom is 0.418 e. The number of rotatable bonds is 5. The summed E-state index contributed by atoms with van der Waals surface area (Å²) in [6.45, 7) is 3.76. The summed E-state index contributed by atoms with van der Waals surface area (Å²) < 4.78 is 38.8. The molecule has 2 aromatic carbocycles. The lowest BCUT2D eigenvalue weighted by Crippen LogP contribution is -2.23. The molecule has 0 unspecified atom stereocenters. The highest BCUT2D eigenvalue weighted by molar-refractivity contribution is 6.08. The van der Waals surface area contributed by atoms with E-state index in [0.717, 1.165) is 23.3 Å². The lowest BCUT2D eigenvalue weighted by molar-refractivity contribution is -0.137. The van der Waals surface area contributed by atoms with Gasteiger partial charge in [0.05, 0.1) is 11.3 Å². The highest BCUT2D eigenvalue weighted by Gasteiger charge is 2.33. The highest BCUT2D eigenvalue weighted by atomic mass is 19.4. The summed E-state index contributed by atoms with van der Waals surface area (Å²) in [4.78, 5) is 24.1. The molecule has 0 aliphatic heterocycles. The Morgan fingerprint density at radius 1 is 0.962 bits per heavy atom. The van der Waals surface area contributed by atoms with Gasteiger partial charge in [-0.1, -0.05) is 37.3 Å². The summed E-state index contributed by atoms with van der Waals surface area (Å²) in [6, 6.07) is 10.2. The zero-order valence-corrected chi connectivity index (χ0v) is 14.4. The smallest absolute Gasteiger partial charge is 0.325 e. The van der Waals surface area contributed by atoms with Crippen LogP contribution in [0, 0.1) is 6.92 Å². The van der Waals surface area contributed by atoms with Gasteiger partial charge in [0.2, 0.25) is 11.8 Å². The molecule has 0 fully saturated rings. The summed E-state index contributed by atoms with van der Waals surface area (Å²) in [6.07, 6.45) is -4.48. The van der Waals surface area contributed by atoms with Crippen LogP contribution in [0.2, 0.25) is 0 Å². The van der Waals surface area contributed by atoms with Crippen molar-refractivity contribution in [1.29, 1.82) is 0 Å². The fourth-order valence-electron chi connectivity index (χ4n) is 2.57. The van der Waals surface area contributed by atoms with E-state index >= 15 is 0 Å². The highest BCUT2D eigenvalue weighted by Crippen LogP contribution is 2.34. The van der Waals surface area contributed by atoms with Crippen LogP contribution in [0.4, 0.5) is 24.5 Å². The third kappa shape index (κ3) is 4.84. The fraction of sp³-hybridized carbons (Fsp3) is 0.263. The molecule has 2 rings (SSSR count). The monoisotopic (exact) mass is 364 g/mol. The SMILES string of the molecule is CCc1cccc(C)c1NC(=O)CC(=O)Nc1ccccc1C(F)(F)F. The van der Waals surface area contributed by atoms with E-state index in [9.17, 15) is 22.8 Å². The van der Waals surface area contributed by atoms with Crippen LogP contribution >= 0.6 is 0 Å². The molecule has 0 bridgehead atoms. The minimum atomic E-state index is -4.59. The second kappa shape index (κ2) is 8.03. The maximum atomic E-state index is 12.9. The van der Waals surface area contributed by atoms with Crippen molar-refractivity contribution in [2.45, 2.75) is 32.9 Å². The summed E-state index contributed by atoms with van der Waals surface area (Å²) in [5.74, 6) is -1.40. The number of benzene rings is 2. The van der Waals surface area contributed by atoms with Crippen LogP contribution in [0.1, 0.15) is 30.0 Å². The number of carbonyl (C=O) groups is 2. The van der Waals surface area contributed by atoms with Crippen LogP contribution in [0.3, 0.4) is 0 Å². The zero-order chi connectivity index (χ0) is 19.3. The van der Waals surface area contributed by atoms with Crippen molar-refractivity contribution >= 4 is 23.2 Å². The van der Waals surface area contributed by atoms with E-state index in [4.69, 9.17) is 0 Å². The van der Waals surface area contributed by atoms with E-state index in [1.807, 2.05) is 32.0 Å². The summed E-state index contributed by atoms with van der Waals surface area (Å²) >= 11 is 0. The molecule has 4 nitrogen and oxygen atoms in total. The standard InChI is InChI=1S/C19H19F3N2O2/c1-3-13-8-6-7-12(2)18(13)24-17(26)11-16(25)23-15-10-5-4-9-14(15)19(20,21)22/h4-10H,3,11H2,1-2H3,(H,23,25)(H,24,26). The van der Waals surface area contributed by atoms with Crippen molar-refractivity contribution in [3.8, 4) is 0 Å². The van der Waals surface area contributed by atoms with Gasteiger partial charge >= 0.3 is 6.18 Å². The normalized spacial score (nSPS) is 11.1. The number of alkyl halides is 3. The summed E-state index contributed by atoms with van der Waals surface area (Å²) in [5.41, 5.74) is 1.06. The van der Waals surface area contributed by atoms with Crippen molar-refractivity contribution in [3.05, 3.63) is 59.2 Å². The average Bonchev–Trinajstić information content (AvgIpc) is 2.56. The molecular formula is C19H19F3N2O2. The van der Waals surface area contributed by atoms with E-state index in [1.54, 1.807) is 0 Å². The molecule has 0 saturated heterocycles. The van der Waals surface area contributed by atoms with E-state index in [-0.39, 0.29) is 5.69 Å². The van der Waals surface area contributed by atoms with Crippen LogP contribution in [-0.4, -0.2) is 11.8 Å². The quantitative estimate of drug-likeness (QED) is 0.765. The van der Waals surface area contributed by atoms with Gasteiger partial charge in [0.15, 0.2) is 0 Å². The first-order chi connectivity index (χ1) is 12.2. The van der Waals surface area contributed by atoms with E-state index in [2.05, 4.69) is 10.6 Å². The first kappa shape index (κ1) is 19.5. The Kier molecular flexibility index (Phi) is 6.02. The van der Waals surface area contributed by atoms with Gasteiger partial charge in [-0.2, -0.15) is 13.2 Å². The van der Waals surface area contributed by atoms with Gasteiger partial charge in [0, 0.05) is 5.69 Å².